The second-order valence-electron chi connectivity index (χ2n) is 3.98. The van der Waals surface area contributed by atoms with Crippen LogP contribution < -0.4 is 0 Å². The number of nitrogens with zero attached hydrogens (tertiary/aromatic N) is 2. The highest BCUT2D eigenvalue weighted by Gasteiger charge is 2.05. The Morgan fingerprint density at radius 1 is 1.11 bits per heavy atom. The van der Waals surface area contributed by atoms with Gasteiger partial charge in [-0.3, -0.25) is 4.79 Å². The second kappa shape index (κ2) is 4.07. The molecule has 88 valence electrons. The maximum absolute atomic E-state index is 12.8. The summed E-state index contributed by atoms with van der Waals surface area (Å²) in [4.78, 5) is 10.7. The van der Waals surface area contributed by atoms with Gasteiger partial charge in [-0.25, -0.2) is 8.91 Å². The average molecular weight is 240 g/mol. The quantitative estimate of drug-likeness (QED) is 0.645. The summed E-state index contributed by atoms with van der Waals surface area (Å²) < 4.78 is 14.5. The monoisotopic (exact) mass is 240 g/mol. The number of hydrogen-bond donors (Lipinski definition) is 0. The van der Waals surface area contributed by atoms with Crippen LogP contribution >= 0.6 is 0 Å². The molecular formula is C14H9FN2O. The molecule has 0 aliphatic carbocycles. The number of carbonyl (C=O) groups is 1. The van der Waals surface area contributed by atoms with Crippen molar-refractivity contribution < 1.29 is 9.18 Å². The maximum atomic E-state index is 12.8. The predicted molar refractivity (Wildman–Crippen MR) is 66.0 cm³/mol. The summed E-state index contributed by atoms with van der Waals surface area (Å²) in [7, 11) is 0. The Bertz CT molecular complexity index is 716. The van der Waals surface area contributed by atoms with Crippen molar-refractivity contribution >= 4 is 11.8 Å². The van der Waals surface area contributed by atoms with Gasteiger partial charge in [0.2, 0.25) is 0 Å². The van der Waals surface area contributed by atoms with Gasteiger partial charge in [0.15, 0.2) is 0 Å². The molecule has 0 N–H and O–H groups in total. The van der Waals surface area contributed by atoms with Crippen LogP contribution in [0.3, 0.4) is 0 Å². The fourth-order valence-electron chi connectivity index (χ4n) is 1.85. The van der Waals surface area contributed by atoms with Crippen molar-refractivity contribution in [2.75, 3.05) is 0 Å². The van der Waals surface area contributed by atoms with Gasteiger partial charge in [-0.2, -0.15) is 5.10 Å². The molecule has 1 aromatic carbocycles. The first-order chi connectivity index (χ1) is 8.76. The molecule has 3 rings (SSSR count). The number of carbonyl (C=O) groups excluding carboxylic acids is 1. The molecule has 0 unspecified atom stereocenters. The van der Waals surface area contributed by atoms with E-state index in [1.54, 1.807) is 35.0 Å². The fourth-order valence-corrected chi connectivity index (χ4v) is 1.85. The summed E-state index contributed by atoms with van der Waals surface area (Å²) in [5, 5.41) is 4.37. The molecule has 0 saturated heterocycles. The number of benzene rings is 1. The Kier molecular flexibility index (Phi) is 2.41. The third-order valence-electron chi connectivity index (χ3n) is 2.76. The zero-order valence-electron chi connectivity index (χ0n) is 9.38. The van der Waals surface area contributed by atoms with E-state index in [1.165, 1.54) is 12.1 Å². The summed E-state index contributed by atoms with van der Waals surface area (Å²) in [6, 6.07) is 11.5. The molecular weight excluding hydrogens is 231 g/mol. The lowest BCUT2D eigenvalue weighted by atomic mass is 10.1. The minimum atomic E-state index is -0.272. The molecule has 2 heterocycles. The lowest BCUT2D eigenvalue weighted by Gasteiger charge is -1.94. The Morgan fingerprint density at radius 3 is 2.61 bits per heavy atom. The smallest absolute Gasteiger partial charge is 0.150 e. The van der Waals surface area contributed by atoms with Crippen LogP contribution in [-0.2, 0) is 0 Å². The molecule has 0 aliphatic heterocycles. The molecule has 0 radical (unpaired) electrons. The van der Waals surface area contributed by atoms with E-state index in [9.17, 15) is 9.18 Å². The van der Waals surface area contributed by atoms with Gasteiger partial charge in [-0.05, 0) is 42.5 Å². The standard InChI is InChI=1S/C14H9FN2O/c15-12-3-1-11(2-4-12)14-8-13-7-10(9-18)5-6-17(13)16-14/h1-9H. The molecule has 0 saturated carbocycles. The molecule has 0 amide bonds. The van der Waals surface area contributed by atoms with Crippen LogP contribution in [0.15, 0.2) is 48.7 Å². The van der Waals surface area contributed by atoms with Crippen molar-refractivity contribution in [1.82, 2.24) is 9.61 Å². The number of hydrogen-bond acceptors (Lipinski definition) is 2. The zero-order valence-corrected chi connectivity index (χ0v) is 9.38. The fraction of sp³-hybridized carbons (Fsp3) is 0. The van der Waals surface area contributed by atoms with Gasteiger partial charge in [0.1, 0.15) is 12.1 Å². The van der Waals surface area contributed by atoms with Crippen LogP contribution in [0.2, 0.25) is 0 Å². The lowest BCUT2D eigenvalue weighted by Crippen LogP contribution is -1.88. The number of pyridine rings is 1. The largest absolute Gasteiger partial charge is 0.298 e. The first-order valence-electron chi connectivity index (χ1n) is 5.47. The molecule has 18 heavy (non-hydrogen) atoms. The van der Waals surface area contributed by atoms with E-state index >= 15 is 0 Å². The molecule has 0 fully saturated rings. The van der Waals surface area contributed by atoms with Gasteiger partial charge < -0.3 is 0 Å². The highest BCUT2D eigenvalue weighted by Crippen LogP contribution is 2.20. The van der Waals surface area contributed by atoms with Crippen LogP contribution in [0, 0.1) is 5.82 Å². The Hall–Kier alpha value is -2.49. The van der Waals surface area contributed by atoms with E-state index in [-0.39, 0.29) is 5.82 Å². The van der Waals surface area contributed by atoms with Gasteiger partial charge in [0.25, 0.3) is 0 Å². The highest BCUT2D eigenvalue weighted by molar-refractivity contribution is 5.78. The average Bonchev–Trinajstić information content (AvgIpc) is 2.82. The van der Waals surface area contributed by atoms with Gasteiger partial charge in [-0.1, -0.05) is 0 Å². The van der Waals surface area contributed by atoms with Gasteiger partial charge >= 0.3 is 0 Å². The molecule has 0 spiro atoms. The molecule has 2 aromatic heterocycles. The third kappa shape index (κ3) is 1.78. The van der Waals surface area contributed by atoms with Crippen molar-refractivity contribution in [3.63, 3.8) is 0 Å². The van der Waals surface area contributed by atoms with E-state index in [4.69, 9.17) is 0 Å². The van der Waals surface area contributed by atoms with E-state index in [0.717, 1.165) is 23.1 Å². The summed E-state index contributed by atoms with van der Waals surface area (Å²) >= 11 is 0. The minimum absolute atomic E-state index is 0.272. The van der Waals surface area contributed by atoms with Crippen LogP contribution in [-0.4, -0.2) is 15.9 Å². The van der Waals surface area contributed by atoms with Crippen LogP contribution in [0.1, 0.15) is 10.4 Å². The van der Waals surface area contributed by atoms with E-state index in [0.29, 0.717) is 5.56 Å². The van der Waals surface area contributed by atoms with Crippen molar-refractivity contribution in [1.29, 1.82) is 0 Å². The first kappa shape index (κ1) is 10.7. The van der Waals surface area contributed by atoms with Crippen LogP contribution in [0.4, 0.5) is 4.39 Å². The van der Waals surface area contributed by atoms with Crippen molar-refractivity contribution in [2.24, 2.45) is 0 Å². The van der Waals surface area contributed by atoms with Crippen molar-refractivity contribution in [3.05, 3.63) is 60.0 Å². The number of aromatic nitrogens is 2. The summed E-state index contributed by atoms with van der Waals surface area (Å²) in [5.41, 5.74) is 3.03. The SMILES string of the molecule is O=Cc1ccn2nc(-c3ccc(F)cc3)cc2c1. The van der Waals surface area contributed by atoms with Crippen LogP contribution in [0.25, 0.3) is 16.8 Å². The van der Waals surface area contributed by atoms with Gasteiger partial charge in [0, 0.05) is 17.3 Å². The number of rotatable bonds is 2. The topological polar surface area (TPSA) is 34.4 Å². The lowest BCUT2D eigenvalue weighted by molar-refractivity contribution is 0.112. The number of aldehydes is 1. The maximum Gasteiger partial charge on any atom is 0.150 e. The molecule has 3 nitrogen and oxygen atoms in total. The Balaban J connectivity index is 2.12. The van der Waals surface area contributed by atoms with Crippen molar-refractivity contribution in [2.45, 2.75) is 0 Å². The van der Waals surface area contributed by atoms with Crippen LogP contribution in [0.5, 0.6) is 0 Å². The zero-order chi connectivity index (χ0) is 12.5. The molecule has 3 aromatic rings. The summed E-state index contributed by atoms with van der Waals surface area (Å²) in [5.74, 6) is -0.272. The van der Waals surface area contributed by atoms with Crippen molar-refractivity contribution in [3.8, 4) is 11.3 Å². The van der Waals surface area contributed by atoms with Gasteiger partial charge in [0.05, 0.1) is 11.2 Å². The summed E-state index contributed by atoms with van der Waals surface area (Å²) in [6.45, 7) is 0. The van der Waals surface area contributed by atoms with E-state index < -0.39 is 0 Å². The molecule has 0 aliphatic rings. The Labute approximate surface area is 102 Å². The highest BCUT2D eigenvalue weighted by atomic mass is 19.1. The molecule has 0 bridgehead atoms. The first-order valence-corrected chi connectivity index (χ1v) is 5.47. The minimum Gasteiger partial charge on any atom is -0.298 e. The predicted octanol–water partition coefficient (Wildman–Crippen LogP) is 2.95. The molecule has 4 heteroatoms. The van der Waals surface area contributed by atoms with E-state index in [2.05, 4.69) is 5.10 Å². The second-order valence-corrected chi connectivity index (χ2v) is 3.98. The number of fused-ring (bicyclic) bond motifs is 1. The Morgan fingerprint density at radius 2 is 1.89 bits per heavy atom. The third-order valence-corrected chi connectivity index (χ3v) is 2.76. The normalized spacial score (nSPS) is 10.7. The number of halogens is 1. The van der Waals surface area contributed by atoms with E-state index in [1.807, 2.05) is 6.07 Å². The summed E-state index contributed by atoms with van der Waals surface area (Å²) in [6.07, 6.45) is 2.52. The van der Waals surface area contributed by atoms with Gasteiger partial charge in [-0.15, -0.1) is 0 Å². The molecule has 0 atom stereocenters.